The summed E-state index contributed by atoms with van der Waals surface area (Å²) in [6.45, 7) is 0. The van der Waals surface area contributed by atoms with Crippen LogP contribution >= 0.6 is 0 Å². The van der Waals surface area contributed by atoms with Crippen LogP contribution in [0.2, 0.25) is 0 Å². The van der Waals surface area contributed by atoms with E-state index in [1.165, 1.54) is 10.8 Å². The Labute approximate surface area is 129 Å². The Balaban J connectivity index is 2.04. The van der Waals surface area contributed by atoms with E-state index in [0.29, 0.717) is 0 Å². The molecule has 104 valence electrons. The van der Waals surface area contributed by atoms with E-state index >= 15 is 0 Å². The molecule has 22 heavy (non-hydrogen) atoms. The molecule has 2 heterocycles. The SMILES string of the molecule is c1ccc(-c2cc3ccccc3cc2-c2ccccn2)nc1. The Hall–Kier alpha value is -3.00. The van der Waals surface area contributed by atoms with Crippen LogP contribution in [0.25, 0.3) is 33.3 Å². The minimum Gasteiger partial charge on any atom is -0.256 e. The molecule has 2 nitrogen and oxygen atoms in total. The quantitative estimate of drug-likeness (QED) is 0.519. The number of hydrogen-bond donors (Lipinski definition) is 0. The van der Waals surface area contributed by atoms with Crippen molar-refractivity contribution in [2.75, 3.05) is 0 Å². The molecule has 0 radical (unpaired) electrons. The van der Waals surface area contributed by atoms with Crippen LogP contribution in [0, 0.1) is 0 Å². The lowest BCUT2D eigenvalue weighted by Gasteiger charge is -2.11. The number of nitrogens with zero attached hydrogens (tertiary/aromatic N) is 2. The summed E-state index contributed by atoms with van der Waals surface area (Å²) in [6, 6.07) is 24.7. The van der Waals surface area contributed by atoms with E-state index in [1.54, 1.807) is 0 Å². The fourth-order valence-corrected chi connectivity index (χ4v) is 2.71. The first-order valence-electron chi connectivity index (χ1n) is 7.27. The van der Waals surface area contributed by atoms with Gasteiger partial charge in [0.15, 0.2) is 0 Å². The Morgan fingerprint density at radius 1 is 0.500 bits per heavy atom. The predicted octanol–water partition coefficient (Wildman–Crippen LogP) is 4.96. The smallest absolute Gasteiger partial charge is 0.0708 e. The molecule has 0 aliphatic heterocycles. The number of benzene rings is 2. The van der Waals surface area contributed by atoms with E-state index in [2.05, 4.69) is 46.4 Å². The van der Waals surface area contributed by atoms with Gasteiger partial charge in [-0.15, -0.1) is 0 Å². The Morgan fingerprint density at radius 2 is 0.955 bits per heavy atom. The molecule has 0 N–H and O–H groups in total. The molecule has 0 saturated carbocycles. The summed E-state index contributed by atoms with van der Waals surface area (Å²) in [6.07, 6.45) is 3.65. The van der Waals surface area contributed by atoms with Crippen molar-refractivity contribution in [3.05, 3.63) is 85.2 Å². The van der Waals surface area contributed by atoms with E-state index in [9.17, 15) is 0 Å². The topological polar surface area (TPSA) is 25.8 Å². The molecule has 0 aliphatic carbocycles. The molecule has 0 amide bonds. The maximum atomic E-state index is 4.51. The number of pyridine rings is 2. The molecule has 0 aliphatic rings. The maximum absolute atomic E-state index is 4.51. The number of fused-ring (bicyclic) bond motifs is 1. The van der Waals surface area contributed by atoms with E-state index in [-0.39, 0.29) is 0 Å². The lowest BCUT2D eigenvalue weighted by Crippen LogP contribution is -1.90. The molecule has 2 aromatic carbocycles. The molecule has 0 saturated heterocycles. The van der Waals surface area contributed by atoms with Crippen LogP contribution in [-0.2, 0) is 0 Å². The molecule has 0 atom stereocenters. The van der Waals surface area contributed by atoms with Crippen molar-refractivity contribution in [2.45, 2.75) is 0 Å². The zero-order chi connectivity index (χ0) is 14.8. The number of hydrogen-bond acceptors (Lipinski definition) is 2. The normalized spacial score (nSPS) is 10.7. The van der Waals surface area contributed by atoms with Gasteiger partial charge in [0, 0.05) is 23.5 Å². The first-order valence-corrected chi connectivity index (χ1v) is 7.27. The highest BCUT2D eigenvalue weighted by Crippen LogP contribution is 2.33. The van der Waals surface area contributed by atoms with E-state index in [1.807, 2.05) is 48.8 Å². The van der Waals surface area contributed by atoms with Gasteiger partial charge in [0.1, 0.15) is 0 Å². The van der Waals surface area contributed by atoms with Crippen LogP contribution in [0.5, 0.6) is 0 Å². The summed E-state index contributed by atoms with van der Waals surface area (Å²) in [5.74, 6) is 0. The molecule has 0 bridgehead atoms. The number of rotatable bonds is 2. The highest BCUT2D eigenvalue weighted by Gasteiger charge is 2.10. The average molecular weight is 282 g/mol. The third-order valence-electron chi connectivity index (χ3n) is 3.77. The highest BCUT2D eigenvalue weighted by molar-refractivity contribution is 5.95. The summed E-state index contributed by atoms with van der Waals surface area (Å²) in [5, 5.41) is 2.42. The van der Waals surface area contributed by atoms with Crippen molar-refractivity contribution in [3.63, 3.8) is 0 Å². The van der Waals surface area contributed by atoms with Crippen molar-refractivity contribution >= 4 is 10.8 Å². The second kappa shape index (κ2) is 5.41. The maximum Gasteiger partial charge on any atom is 0.0708 e. The van der Waals surface area contributed by atoms with Crippen molar-refractivity contribution in [3.8, 4) is 22.5 Å². The lowest BCUT2D eigenvalue weighted by atomic mass is 9.96. The molecule has 4 aromatic rings. The lowest BCUT2D eigenvalue weighted by molar-refractivity contribution is 1.30. The van der Waals surface area contributed by atoms with Gasteiger partial charge in [0.05, 0.1) is 11.4 Å². The third kappa shape index (κ3) is 2.25. The second-order valence-corrected chi connectivity index (χ2v) is 5.17. The molecule has 0 fully saturated rings. The van der Waals surface area contributed by atoms with Crippen molar-refractivity contribution in [1.29, 1.82) is 0 Å². The summed E-state index contributed by atoms with van der Waals surface area (Å²) in [7, 11) is 0. The molecular formula is C20H14N2. The summed E-state index contributed by atoms with van der Waals surface area (Å²) < 4.78 is 0. The van der Waals surface area contributed by atoms with Gasteiger partial charge >= 0.3 is 0 Å². The van der Waals surface area contributed by atoms with Crippen LogP contribution in [0.4, 0.5) is 0 Å². The zero-order valence-corrected chi connectivity index (χ0v) is 12.0. The summed E-state index contributed by atoms with van der Waals surface area (Å²) >= 11 is 0. The Bertz CT molecular complexity index is 838. The first kappa shape index (κ1) is 12.7. The van der Waals surface area contributed by atoms with Crippen molar-refractivity contribution in [2.24, 2.45) is 0 Å². The Morgan fingerprint density at radius 3 is 1.36 bits per heavy atom. The largest absolute Gasteiger partial charge is 0.256 e. The van der Waals surface area contributed by atoms with Gasteiger partial charge in [-0.2, -0.15) is 0 Å². The van der Waals surface area contributed by atoms with Gasteiger partial charge in [-0.3, -0.25) is 9.97 Å². The predicted molar refractivity (Wildman–Crippen MR) is 90.4 cm³/mol. The molecular weight excluding hydrogens is 268 g/mol. The fourth-order valence-electron chi connectivity index (χ4n) is 2.71. The monoisotopic (exact) mass is 282 g/mol. The van der Waals surface area contributed by atoms with E-state index < -0.39 is 0 Å². The molecule has 4 rings (SSSR count). The number of aromatic nitrogens is 2. The van der Waals surface area contributed by atoms with Crippen LogP contribution in [0.15, 0.2) is 85.2 Å². The van der Waals surface area contributed by atoms with E-state index in [4.69, 9.17) is 0 Å². The molecule has 2 heteroatoms. The Kier molecular flexibility index (Phi) is 3.13. The van der Waals surface area contributed by atoms with Crippen LogP contribution < -0.4 is 0 Å². The molecule has 0 unspecified atom stereocenters. The van der Waals surface area contributed by atoms with E-state index in [0.717, 1.165) is 22.5 Å². The standard InChI is InChI=1S/C20H14N2/c1-2-8-16-14-18(20-10-4-6-12-22-20)17(13-15(16)7-1)19-9-3-5-11-21-19/h1-14H. The summed E-state index contributed by atoms with van der Waals surface area (Å²) in [5.41, 5.74) is 4.15. The first-order chi connectivity index (χ1) is 10.9. The summed E-state index contributed by atoms with van der Waals surface area (Å²) in [4.78, 5) is 9.03. The van der Waals surface area contributed by atoms with Gasteiger partial charge in [-0.1, -0.05) is 36.4 Å². The van der Waals surface area contributed by atoms with Gasteiger partial charge in [0.25, 0.3) is 0 Å². The van der Waals surface area contributed by atoms with Gasteiger partial charge < -0.3 is 0 Å². The van der Waals surface area contributed by atoms with Gasteiger partial charge in [0.2, 0.25) is 0 Å². The fraction of sp³-hybridized carbons (Fsp3) is 0. The van der Waals surface area contributed by atoms with Gasteiger partial charge in [-0.25, -0.2) is 0 Å². The molecule has 0 spiro atoms. The van der Waals surface area contributed by atoms with Crippen LogP contribution in [0.1, 0.15) is 0 Å². The average Bonchev–Trinajstić information content (AvgIpc) is 2.62. The third-order valence-corrected chi connectivity index (χ3v) is 3.77. The second-order valence-electron chi connectivity index (χ2n) is 5.17. The highest BCUT2D eigenvalue weighted by atomic mass is 14.7. The zero-order valence-electron chi connectivity index (χ0n) is 12.0. The van der Waals surface area contributed by atoms with Crippen molar-refractivity contribution in [1.82, 2.24) is 9.97 Å². The molecule has 2 aromatic heterocycles. The van der Waals surface area contributed by atoms with Crippen molar-refractivity contribution < 1.29 is 0 Å². The minimum absolute atomic E-state index is 0.967. The van der Waals surface area contributed by atoms with Crippen LogP contribution in [-0.4, -0.2) is 9.97 Å². The van der Waals surface area contributed by atoms with Crippen LogP contribution in [0.3, 0.4) is 0 Å². The minimum atomic E-state index is 0.967. The van der Waals surface area contributed by atoms with Gasteiger partial charge in [-0.05, 0) is 47.2 Å².